The lowest BCUT2D eigenvalue weighted by molar-refractivity contribution is 0.372. The van der Waals surface area contributed by atoms with Gasteiger partial charge in [-0.15, -0.1) is 0 Å². The number of fused-ring (bicyclic) bond motifs is 1. The minimum Gasteiger partial charge on any atom is -0.506 e. The van der Waals surface area contributed by atoms with Gasteiger partial charge in [-0.2, -0.15) is 0 Å². The highest BCUT2D eigenvalue weighted by Crippen LogP contribution is 2.26. The van der Waals surface area contributed by atoms with Gasteiger partial charge in [0.2, 0.25) is 0 Å². The number of aromatic nitrogens is 1. The fourth-order valence-electron chi connectivity index (χ4n) is 2.93. The van der Waals surface area contributed by atoms with Crippen molar-refractivity contribution in [3.05, 3.63) is 36.0 Å². The highest BCUT2D eigenvalue weighted by atomic mass is 16.3. The first-order valence-corrected chi connectivity index (χ1v) is 7.13. The van der Waals surface area contributed by atoms with Crippen molar-refractivity contribution in [3.8, 4) is 5.75 Å². The summed E-state index contributed by atoms with van der Waals surface area (Å²) in [5.74, 6) is 0.261. The van der Waals surface area contributed by atoms with Gasteiger partial charge in [-0.25, -0.2) is 0 Å². The molecule has 3 heteroatoms. The van der Waals surface area contributed by atoms with Gasteiger partial charge in [0, 0.05) is 24.2 Å². The van der Waals surface area contributed by atoms with E-state index in [4.69, 9.17) is 0 Å². The lowest BCUT2D eigenvalue weighted by Gasteiger charge is -2.23. The van der Waals surface area contributed by atoms with E-state index in [1.807, 2.05) is 18.2 Å². The summed E-state index contributed by atoms with van der Waals surface area (Å²) in [6.45, 7) is 0.854. The lowest BCUT2D eigenvalue weighted by Crippen LogP contribution is -2.30. The molecule has 19 heavy (non-hydrogen) atoms. The van der Waals surface area contributed by atoms with E-state index in [0.717, 1.165) is 11.9 Å². The Labute approximate surface area is 113 Å². The van der Waals surface area contributed by atoms with Crippen molar-refractivity contribution in [2.75, 3.05) is 0 Å². The van der Waals surface area contributed by atoms with Gasteiger partial charge in [-0.3, -0.25) is 4.98 Å². The van der Waals surface area contributed by atoms with Crippen molar-refractivity contribution in [1.82, 2.24) is 10.3 Å². The van der Waals surface area contributed by atoms with E-state index in [1.165, 1.54) is 37.7 Å². The summed E-state index contributed by atoms with van der Waals surface area (Å²) in [5.41, 5.74) is 1.91. The fraction of sp³-hybridized carbons (Fsp3) is 0.438. The third-order valence-electron chi connectivity index (χ3n) is 4.03. The Morgan fingerprint density at radius 1 is 1.16 bits per heavy atom. The van der Waals surface area contributed by atoms with Gasteiger partial charge in [-0.05, 0) is 30.5 Å². The van der Waals surface area contributed by atoms with Gasteiger partial charge in [-0.1, -0.05) is 31.4 Å². The Morgan fingerprint density at radius 3 is 2.84 bits per heavy atom. The monoisotopic (exact) mass is 256 g/mol. The molecule has 0 aliphatic heterocycles. The average Bonchev–Trinajstić information content (AvgIpc) is 2.48. The number of pyridine rings is 1. The summed E-state index contributed by atoms with van der Waals surface area (Å²) >= 11 is 0. The average molecular weight is 256 g/mol. The summed E-state index contributed by atoms with van der Waals surface area (Å²) in [6, 6.07) is 8.34. The first-order chi connectivity index (χ1) is 9.34. The van der Waals surface area contributed by atoms with Gasteiger partial charge in [0.25, 0.3) is 0 Å². The van der Waals surface area contributed by atoms with Crippen LogP contribution >= 0.6 is 0 Å². The van der Waals surface area contributed by atoms with Crippen molar-refractivity contribution >= 4 is 10.9 Å². The molecular weight excluding hydrogens is 236 g/mol. The summed E-state index contributed by atoms with van der Waals surface area (Å²) in [5, 5.41) is 14.5. The molecule has 1 aromatic carbocycles. The molecule has 1 fully saturated rings. The maximum atomic E-state index is 9.83. The van der Waals surface area contributed by atoms with Crippen LogP contribution in [0.3, 0.4) is 0 Å². The summed E-state index contributed by atoms with van der Waals surface area (Å²) in [6.07, 6.45) is 8.36. The summed E-state index contributed by atoms with van der Waals surface area (Å²) in [4.78, 5) is 4.26. The van der Waals surface area contributed by atoms with Crippen LogP contribution in [0.4, 0.5) is 0 Å². The van der Waals surface area contributed by atoms with Crippen LogP contribution < -0.4 is 5.32 Å². The van der Waals surface area contributed by atoms with Crippen LogP contribution in [0.25, 0.3) is 10.9 Å². The third-order valence-corrected chi connectivity index (χ3v) is 4.03. The van der Waals surface area contributed by atoms with Crippen LogP contribution in [0.1, 0.15) is 37.7 Å². The maximum Gasteiger partial charge on any atom is 0.141 e. The third kappa shape index (κ3) is 2.71. The molecule has 0 amide bonds. The fourth-order valence-corrected chi connectivity index (χ4v) is 2.93. The van der Waals surface area contributed by atoms with Crippen LogP contribution in [0, 0.1) is 0 Å². The molecule has 0 bridgehead atoms. The molecule has 2 aromatic rings. The zero-order valence-electron chi connectivity index (χ0n) is 11.1. The number of nitrogens with zero attached hydrogens (tertiary/aromatic N) is 1. The second-order valence-electron chi connectivity index (χ2n) is 5.36. The van der Waals surface area contributed by atoms with Crippen LogP contribution in [-0.4, -0.2) is 16.1 Å². The Morgan fingerprint density at radius 2 is 2.00 bits per heavy atom. The zero-order valence-corrected chi connectivity index (χ0v) is 11.1. The van der Waals surface area contributed by atoms with E-state index in [1.54, 1.807) is 12.3 Å². The largest absolute Gasteiger partial charge is 0.506 e. The van der Waals surface area contributed by atoms with Gasteiger partial charge in [0.15, 0.2) is 0 Å². The van der Waals surface area contributed by atoms with Gasteiger partial charge in [0.1, 0.15) is 11.3 Å². The maximum absolute atomic E-state index is 9.83. The van der Waals surface area contributed by atoms with E-state index in [0.29, 0.717) is 11.6 Å². The van der Waals surface area contributed by atoms with Crippen molar-refractivity contribution < 1.29 is 5.11 Å². The lowest BCUT2D eigenvalue weighted by atomic mass is 9.95. The number of hydrogen-bond donors (Lipinski definition) is 2. The van der Waals surface area contributed by atoms with Crippen molar-refractivity contribution in [2.45, 2.75) is 44.7 Å². The van der Waals surface area contributed by atoms with E-state index < -0.39 is 0 Å². The number of aromatic hydroxyl groups is 1. The standard InChI is InChI=1S/C16H20N2O/c19-15-9-8-12(14-7-4-10-17-16(14)15)11-18-13-5-2-1-3-6-13/h4,7-10,13,18-19H,1-3,5-6,11H2. The molecule has 0 unspecified atom stereocenters. The van der Waals surface area contributed by atoms with E-state index in [2.05, 4.69) is 10.3 Å². The Hall–Kier alpha value is -1.61. The summed E-state index contributed by atoms with van der Waals surface area (Å²) in [7, 11) is 0. The molecule has 1 aromatic heterocycles. The molecular formula is C16H20N2O. The molecule has 1 aliphatic carbocycles. The molecule has 0 saturated heterocycles. The first-order valence-electron chi connectivity index (χ1n) is 7.13. The van der Waals surface area contributed by atoms with E-state index >= 15 is 0 Å². The Kier molecular flexibility index (Phi) is 3.65. The molecule has 3 nitrogen and oxygen atoms in total. The second-order valence-corrected chi connectivity index (χ2v) is 5.36. The topological polar surface area (TPSA) is 45.1 Å². The molecule has 100 valence electrons. The molecule has 0 spiro atoms. The van der Waals surface area contributed by atoms with Gasteiger partial charge < -0.3 is 10.4 Å². The number of phenolic OH excluding ortho intramolecular Hbond substituents is 1. The minimum atomic E-state index is 0.261. The number of benzene rings is 1. The van der Waals surface area contributed by atoms with Crippen molar-refractivity contribution in [3.63, 3.8) is 0 Å². The molecule has 1 heterocycles. The molecule has 1 aliphatic rings. The van der Waals surface area contributed by atoms with Crippen LogP contribution in [0.2, 0.25) is 0 Å². The summed E-state index contributed by atoms with van der Waals surface area (Å²) < 4.78 is 0. The highest BCUT2D eigenvalue weighted by molar-refractivity contribution is 5.87. The van der Waals surface area contributed by atoms with Gasteiger partial charge in [0.05, 0.1) is 0 Å². The SMILES string of the molecule is Oc1ccc(CNC2CCCCC2)c2cccnc12. The smallest absolute Gasteiger partial charge is 0.141 e. The molecule has 2 N–H and O–H groups in total. The normalized spacial score (nSPS) is 16.8. The van der Waals surface area contributed by atoms with Crippen molar-refractivity contribution in [1.29, 1.82) is 0 Å². The minimum absolute atomic E-state index is 0.261. The van der Waals surface area contributed by atoms with Gasteiger partial charge >= 0.3 is 0 Å². The number of phenols is 1. The Balaban J connectivity index is 1.79. The molecule has 0 atom stereocenters. The molecule has 1 saturated carbocycles. The van der Waals surface area contributed by atoms with E-state index in [-0.39, 0.29) is 5.75 Å². The van der Waals surface area contributed by atoms with Crippen LogP contribution in [-0.2, 0) is 6.54 Å². The van der Waals surface area contributed by atoms with E-state index in [9.17, 15) is 5.11 Å². The zero-order chi connectivity index (χ0) is 13.1. The second kappa shape index (κ2) is 5.57. The predicted molar refractivity (Wildman–Crippen MR) is 77.1 cm³/mol. The van der Waals surface area contributed by atoms with Crippen LogP contribution in [0.15, 0.2) is 30.5 Å². The number of rotatable bonds is 3. The van der Waals surface area contributed by atoms with Crippen molar-refractivity contribution in [2.24, 2.45) is 0 Å². The first kappa shape index (κ1) is 12.4. The quantitative estimate of drug-likeness (QED) is 0.885. The Bertz CT molecular complexity index is 562. The number of hydrogen-bond acceptors (Lipinski definition) is 3. The molecule has 0 radical (unpaired) electrons. The number of nitrogens with one attached hydrogen (secondary N) is 1. The predicted octanol–water partition coefficient (Wildman–Crippen LogP) is 3.36. The molecule has 3 rings (SSSR count). The highest BCUT2D eigenvalue weighted by Gasteiger charge is 2.13. The van der Waals surface area contributed by atoms with Crippen LogP contribution in [0.5, 0.6) is 5.75 Å².